The average Bonchev–Trinajstić information content (AvgIpc) is 3.16. The highest BCUT2D eigenvalue weighted by Gasteiger charge is 2.28. The molecule has 0 aromatic carbocycles. The summed E-state index contributed by atoms with van der Waals surface area (Å²) in [5.74, 6) is 1.49. The second-order valence-electron chi connectivity index (χ2n) is 7.24. The van der Waals surface area contributed by atoms with Gasteiger partial charge in [-0.3, -0.25) is 0 Å². The first-order valence-corrected chi connectivity index (χ1v) is 10.6. The Kier molecular flexibility index (Phi) is 5.70. The van der Waals surface area contributed by atoms with E-state index in [4.69, 9.17) is 10.7 Å². The molecule has 0 saturated heterocycles. The van der Waals surface area contributed by atoms with E-state index in [0.29, 0.717) is 18.6 Å². The van der Waals surface area contributed by atoms with Crippen molar-refractivity contribution in [2.24, 2.45) is 5.73 Å². The smallest absolute Gasteiger partial charge is 0.227 e. The van der Waals surface area contributed by atoms with Crippen LogP contribution in [-0.4, -0.2) is 41.1 Å². The molecule has 2 atom stereocenters. The summed E-state index contributed by atoms with van der Waals surface area (Å²) in [5.41, 5.74) is 7.85. The fraction of sp³-hybridized carbons (Fsp3) is 0.450. The fourth-order valence-corrected chi connectivity index (χ4v) is 4.82. The number of likely N-dealkylation sites (N-methyl/N-ethyl adjacent to an activating group) is 2. The maximum atomic E-state index is 5.95. The summed E-state index contributed by atoms with van der Waals surface area (Å²) in [6, 6.07) is 4.86. The lowest BCUT2D eigenvalue weighted by Crippen LogP contribution is -2.50. The molecule has 0 radical (unpaired) electrons. The van der Waals surface area contributed by atoms with E-state index in [-0.39, 0.29) is 0 Å². The number of nitrogens with zero attached hydrogens (tertiary/aromatic N) is 4. The van der Waals surface area contributed by atoms with E-state index in [9.17, 15) is 0 Å². The number of nitrogens with one attached hydrogen (secondary N) is 2. The topological polar surface area (TPSA) is 92.0 Å². The van der Waals surface area contributed by atoms with Gasteiger partial charge >= 0.3 is 0 Å². The molecule has 7 nitrogen and oxygen atoms in total. The van der Waals surface area contributed by atoms with Crippen LogP contribution in [0.2, 0.25) is 0 Å². The summed E-state index contributed by atoms with van der Waals surface area (Å²) in [6.07, 6.45) is 8.50. The first-order valence-electron chi connectivity index (χ1n) is 9.76. The lowest BCUT2D eigenvalue weighted by Gasteiger charge is -2.38. The number of rotatable bonds is 6. The molecule has 28 heavy (non-hydrogen) atoms. The largest absolute Gasteiger partial charge is 0.339 e. The van der Waals surface area contributed by atoms with Crippen LogP contribution in [0.1, 0.15) is 31.2 Å². The van der Waals surface area contributed by atoms with Gasteiger partial charge in [-0.25, -0.2) is 9.97 Å². The summed E-state index contributed by atoms with van der Waals surface area (Å²) >= 11 is 1.62. The van der Waals surface area contributed by atoms with E-state index in [1.54, 1.807) is 11.3 Å². The Bertz CT molecular complexity index is 941. The van der Waals surface area contributed by atoms with Gasteiger partial charge in [0.15, 0.2) is 0 Å². The summed E-state index contributed by atoms with van der Waals surface area (Å²) in [5, 5.41) is 10.1. The second kappa shape index (κ2) is 8.38. The Hall–Kier alpha value is -2.29. The van der Waals surface area contributed by atoms with Gasteiger partial charge in [-0.15, -0.1) is 11.3 Å². The van der Waals surface area contributed by atoms with Gasteiger partial charge in [0.2, 0.25) is 5.95 Å². The minimum absolute atomic E-state index is 0.384. The van der Waals surface area contributed by atoms with Crippen LogP contribution in [0.25, 0.3) is 10.2 Å². The van der Waals surface area contributed by atoms with E-state index in [1.807, 2.05) is 25.5 Å². The minimum atomic E-state index is 0.384. The standard InChI is InChI=1S/C20H27N7S/c1-22-15-7-3-4-8-17(15)27(2)20-24-11-13(10-21)18(26-20)25-16-12-28-19-14(16)6-5-9-23-19/h5-6,9,11-12,15,17,22H,3-4,7-8,10,21H2,1-2H3,(H,24,25,26). The Morgan fingerprint density at radius 2 is 2.14 bits per heavy atom. The molecule has 3 aromatic heterocycles. The monoisotopic (exact) mass is 397 g/mol. The van der Waals surface area contributed by atoms with Gasteiger partial charge in [0.25, 0.3) is 0 Å². The SMILES string of the molecule is CNC1CCCCC1N(C)c1ncc(CN)c(Nc2csc3ncccc23)n1. The number of anilines is 3. The molecule has 0 aliphatic heterocycles. The van der Waals surface area contributed by atoms with Crippen molar-refractivity contribution in [3.05, 3.63) is 35.5 Å². The van der Waals surface area contributed by atoms with E-state index in [0.717, 1.165) is 39.7 Å². The van der Waals surface area contributed by atoms with Crippen molar-refractivity contribution >= 4 is 39.0 Å². The third-order valence-electron chi connectivity index (χ3n) is 5.59. The summed E-state index contributed by atoms with van der Waals surface area (Å²) in [7, 11) is 4.13. The molecule has 0 spiro atoms. The fourth-order valence-electron chi connectivity index (χ4n) is 3.98. The molecule has 4 N–H and O–H groups in total. The van der Waals surface area contributed by atoms with Crippen LogP contribution in [0.5, 0.6) is 0 Å². The maximum Gasteiger partial charge on any atom is 0.227 e. The van der Waals surface area contributed by atoms with Crippen molar-refractivity contribution in [3.63, 3.8) is 0 Å². The first-order chi connectivity index (χ1) is 13.7. The molecule has 2 unspecified atom stereocenters. The molecule has 3 heterocycles. The molecule has 1 fully saturated rings. The Morgan fingerprint density at radius 3 is 2.96 bits per heavy atom. The number of hydrogen-bond acceptors (Lipinski definition) is 8. The Morgan fingerprint density at radius 1 is 1.29 bits per heavy atom. The number of nitrogens with two attached hydrogens (primary N) is 1. The van der Waals surface area contributed by atoms with Crippen molar-refractivity contribution in [2.45, 2.75) is 44.3 Å². The van der Waals surface area contributed by atoms with Crippen molar-refractivity contribution in [2.75, 3.05) is 24.3 Å². The zero-order chi connectivity index (χ0) is 19.5. The van der Waals surface area contributed by atoms with E-state index < -0.39 is 0 Å². The summed E-state index contributed by atoms with van der Waals surface area (Å²) in [4.78, 5) is 17.1. The lowest BCUT2D eigenvalue weighted by atomic mass is 9.89. The molecule has 0 amide bonds. The van der Waals surface area contributed by atoms with Gasteiger partial charge in [-0.05, 0) is 32.0 Å². The van der Waals surface area contributed by atoms with Crippen LogP contribution >= 0.6 is 11.3 Å². The zero-order valence-electron chi connectivity index (χ0n) is 16.4. The molecule has 1 saturated carbocycles. The van der Waals surface area contributed by atoms with Crippen molar-refractivity contribution < 1.29 is 0 Å². The van der Waals surface area contributed by atoms with Gasteiger partial charge < -0.3 is 21.3 Å². The highest BCUT2D eigenvalue weighted by atomic mass is 32.1. The van der Waals surface area contributed by atoms with Crippen molar-refractivity contribution in [1.82, 2.24) is 20.3 Å². The highest BCUT2D eigenvalue weighted by Crippen LogP contribution is 2.32. The van der Waals surface area contributed by atoms with Crippen LogP contribution in [0.15, 0.2) is 29.9 Å². The maximum absolute atomic E-state index is 5.95. The van der Waals surface area contributed by atoms with Crippen molar-refractivity contribution in [1.29, 1.82) is 0 Å². The van der Waals surface area contributed by atoms with Crippen LogP contribution in [-0.2, 0) is 6.54 Å². The molecule has 1 aliphatic carbocycles. The number of aromatic nitrogens is 3. The predicted molar refractivity (Wildman–Crippen MR) is 116 cm³/mol. The number of fused-ring (bicyclic) bond motifs is 1. The molecule has 148 valence electrons. The molecule has 1 aliphatic rings. The third kappa shape index (κ3) is 3.67. The Balaban J connectivity index is 1.64. The van der Waals surface area contributed by atoms with E-state index in [2.05, 4.69) is 44.0 Å². The minimum Gasteiger partial charge on any atom is -0.339 e. The molecule has 8 heteroatoms. The third-order valence-corrected chi connectivity index (χ3v) is 6.49. The van der Waals surface area contributed by atoms with Crippen LogP contribution < -0.4 is 21.3 Å². The molecular formula is C20H27N7S. The van der Waals surface area contributed by atoms with Crippen molar-refractivity contribution in [3.8, 4) is 0 Å². The van der Waals surface area contributed by atoms with Crippen LogP contribution in [0, 0.1) is 0 Å². The molecule has 4 rings (SSSR count). The van der Waals surface area contributed by atoms with Gasteiger partial charge in [0, 0.05) is 54.4 Å². The Labute approximate surface area is 169 Å². The highest BCUT2D eigenvalue weighted by molar-refractivity contribution is 7.17. The summed E-state index contributed by atoms with van der Waals surface area (Å²) < 4.78 is 0. The number of thiophene rings is 1. The van der Waals surface area contributed by atoms with Crippen LogP contribution in [0.3, 0.4) is 0 Å². The predicted octanol–water partition coefficient (Wildman–Crippen LogP) is 3.26. The number of hydrogen-bond donors (Lipinski definition) is 3. The molecule has 3 aromatic rings. The second-order valence-corrected chi connectivity index (χ2v) is 8.09. The molecular weight excluding hydrogens is 370 g/mol. The zero-order valence-corrected chi connectivity index (χ0v) is 17.2. The quantitative estimate of drug-likeness (QED) is 0.588. The lowest BCUT2D eigenvalue weighted by molar-refractivity contribution is 0.333. The average molecular weight is 398 g/mol. The van der Waals surface area contributed by atoms with E-state index >= 15 is 0 Å². The van der Waals surface area contributed by atoms with Gasteiger partial charge in [0.1, 0.15) is 10.6 Å². The van der Waals surface area contributed by atoms with Crippen LogP contribution in [0.4, 0.5) is 17.5 Å². The normalized spacial score (nSPS) is 19.7. The van der Waals surface area contributed by atoms with Gasteiger partial charge in [0.05, 0.1) is 5.69 Å². The van der Waals surface area contributed by atoms with E-state index in [1.165, 1.54) is 19.3 Å². The van der Waals surface area contributed by atoms with Gasteiger partial charge in [-0.2, -0.15) is 4.98 Å². The van der Waals surface area contributed by atoms with Gasteiger partial charge in [-0.1, -0.05) is 12.8 Å². The molecule has 0 bridgehead atoms. The summed E-state index contributed by atoms with van der Waals surface area (Å²) in [6.45, 7) is 0.384. The number of pyridine rings is 1. The first kappa shape index (κ1) is 19.0.